The number of rotatable bonds is 4. The second kappa shape index (κ2) is 6.06. The average molecular weight is 325 g/mol. The SMILES string of the molecule is CC(CC#N)N(C)S(=O)(=O)c1ccc(Cl)c(F)c1Cl. The molecule has 0 spiro atoms. The smallest absolute Gasteiger partial charge is 0.207 e. The summed E-state index contributed by atoms with van der Waals surface area (Å²) in [7, 11) is -2.67. The second-order valence-corrected chi connectivity index (χ2v) is 6.66. The van der Waals surface area contributed by atoms with E-state index < -0.39 is 26.9 Å². The highest BCUT2D eigenvalue weighted by molar-refractivity contribution is 7.89. The van der Waals surface area contributed by atoms with E-state index in [1.54, 1.807) is 6.92 Å². The van der Waals surface area contributed by atoms with Gasteiger partial charge in [0.25, 0.3) is 0 Å². The molecule has 0 heterocycles. The summed E-state index contributed by atoms with van der Waals surface area (Å²) in [5.74, 6) is -0.981. The Morgan fingerprint density at radius 3 is 2.58 bits per heavy atom. The van der Waals surface area contributed by atoms with Gasteiger partial charge in [0, 0.05) is 13.1 Å². The number of nitriles is 1. The fourth-order valence-electron chi connectivity index (χ4n) is 1.36. The van der Waals surface area contributed by atoms with Gasteiger partial charge in [0.05, 0.1) is 22.5 Å². The van der Waals surface area contributed by atoms with Crippen LogP contribution in [0.3, 0.4) is 0 Å². The van der Waals surface area contributed by atoms with Crippen LogP contribution in [0, 0.1) is 17.1 Å². The van der Waals surface area contributed by atoms with E-state index in [0.717, 1.165) is 16.4 Å². The number of sulfonamides is 1. The van der Waals surface area contributed by atoms with Gasteiger partial charge in [0.15, 0.2) is 5.82 Å². The van der Waals surface area contributed by atoms with Crippen molar-refractivity contribution in [2.75, 3.05) is 7.05 Å². The summed E-state index contributed by atoms with van der Waals surface area (Å²) in [5, 5.41) is 7.78. The van der Waals surface area contributed by atoms with Crippen LogP contribution in [0.15, 0.2) is 17.0 Å². The Bertz CT molecular complexity index is 628. The number of nitrogens with zero attached hydrogens (tertiary/aromatic N) is 2. The van der Waals surface area contributed by atoms with Crippen LogP contribution in [-0.4, -0.2) is 25.8 Å². The number of benzene rings is 1. The van der Waals surface area contributed by atoms with Crippen molar-refractivity contribution in [3.8, 4) is 6.07 Å². The number of hydrogen-bond acceptors (Lipinski definition) is 3. The number of hydrogen-bond donors (Lipinski definition) is 0. The van der Waals surface area contributed by atoms with Crippen LogP contribution in [0.4, 0.5) is 4.39 Å². The topological polar surface area (TPSA) is 61.2 Å². The van der Waals surface area contributed by atoms with Gasteiger partial charge in [-0.25, -0.2) is 12.8 Å². The predicted molar refractivity (Wildman–Crippen MR) is 71.1 cm³/mol. The molecule has 1 aromatic rings. The lowest BCUT2D eigenvalue weighted by Crippen LogP contribution is -2.35. The zero-order valence-corrected chi connectivity index (χ0v) is 12.5. The Labute approximate surface area is 121 Å². The van der Waals surface area contributed by atoms with E-state index in [-0.39, 0.29) is 16.3 Å². The summed E-state index contributed by atoms with van der Waals surface area (Å²) in [4.78, 5) is -0.372. The first-order chi connectivity index (χ1) is 8.73. The molecule has 0 radical (unpaired) electrons. The van der Waals surface area contributed by atoms with Crippen LogP contribution in [0.1, 0.15) is 13.3 Å². The van der Waals surface area contributed by atoms with Crippen LogP contribution < -0.4 is 0 Å². The molecule has 0 saturated carbocycles. The molecule has 0 N–H and O–H groups in total. The Kier molecular flexibility index (Phi) is 5.16. The van der Waals surface area contributed by atoms with Crippen LogP contribution in [0.2, 0.25) is 10.0 Å². The van der Waals surface area contributed by atoms with Crippen molar-refractivity contribution in [1.29, 1.82) is 5.26 Å². The Morgan fingerprint density at radius 1 is 1.47 bits per heavy atom. The van der Waals surface area contributed by atoms with E-state index in [4.69, 9.17) is 28.5 Å². The molecule has 1 unspecified atom stereocenters. The lowest BCUT2D eigenvalue weighted by atomic mass is 10.3. The Morgan fingerprint density at radius 2 is 2.05 bits per heavy atom. The molecule has 0 aliphatic heterocycles. The van der Waals surface area contributed by atoms with Crippen molar-refractivity contribution in [2.24, 2.45) is 0 Å². The van der Waals surface area contributed by atoms with Crippen LogP contribution in [0.5, 0.6) is 0 Å². The average Bonchev–Trinajstić information content (AvgIpc) is 2.35. The Balaban J connectivity index is 3.29. The maximum absolute atomic E-state index is 13.5. The molecule has 0 bridgehead atoms. The molecule has 4 nitrogen and oxygen atoms in total. The minimum absolute atomic E-state index is 0.0173. The van der Waals surface area contributed by atoms with Gasteiger partial charge in [0.1, 0.15) is 4.90 Å². The highest BCUT2D eigenvalue weighted by Crippen LogP contribution is 2.31. The lowest BCUT2D eigenvalue weighted by Gasteiger charge is -2.23. The summed E-state index contributed by atoms with van der Waals surface area (Å²) >= 11 is 11.2. The van der Waals surface area contributed by atoms with Gasteiger partial charge in [-0.15, -0.1) is 0 Å². The summed E-state index contributed by atoms with van der Waals surface area (Å²) < 4.78 is 39.0. The molecule has 0 saturated heterocycles. The maximum atomic E-state index is 13.5. The third kappa shape index (κ3) is 3.18. The Hall–Kier alpha value is -0.870. The standard InChI is InChI=1S/C11H11Cl2FN2O2S/c1-7(5-6-15)16(2)19(17,18)9-4-3-8(12)11(14)10(9)13/h3-4,7H,5H2,1-2H3. The van der Waals surface area contributed by atoms with E-state index in [9.17, 15) is 12.8 Å². The van der Waals surface area contributed by atoms with Gasteiger partial charge in [-0.05, 0) is 19.1 Å². The van der Waals surface area contributed by atoms with E-state index in [2.05, 4.69) is 0 Å². The fourth-order valence-corrected chi connectivity index (χ4v) is 3.44. The van der Waals surface area contributed by atoms with Crippen LogP contribution in [-0.2, 0) is 10.0 Å². The molecule has 1 atom stereocenters. The summed E-state index contributed by atoms with van der Waals surface area (Å²) in [5.41, 5.74) is 0. The minimum Gasteiger partial charge on any atom is -0.207 e. The van der Waals surface area contributed by atoms with Crippen molar-refractivity contribution >= 4 is 33.2 Å². The van der Waals surface area contributed by atoms with Gasteiger partial charge < -0.3 is 0 Å². The van der Waals surface area contributed by atoms with Gasteiger partial charge in [-0.3, -0.25) is 0 Å². The molecule has 8 heteroatoms. The highest BCUT2D eigenvalue weighted by Gasteiger charge is 2.29. The highest BCUT2D eigenvalue weighted by atomic mass is 35.5. The fraction of sp³-hybridized carbons (Fsp3) is 0.364. The molecule has 1 rings (SSSR count). The van der Waals surface area contributed by atoms with Gasteiger partial charge in [0.2, 0.25) is 10.0 Å². The minimum atomic E-state index is -3.98. The first-order valence-electron chi connectivity index (χ1n) is 5.22. The monoisotopic (exact) mass is 324 g/mol. The van der Waals surface area contributed by atoms with Crippen molar-refractivity contribution in [3.63, 3.8) is 0 Å². The maximum Gasteiger partial charge on any atom is 0.244 e. The first-order valence-corrected chi connectivity index (χ1v) is 7.41. The van der Waals surface area contributed by atoms with Crippen molar-refractivity contribution in [2.45, 2.75) is 24.3 Å². The second-order valence-electron chi connectivity index (χ2n) is 3.91. The molecule has 104 valence electrons. The van der Waals surface area contributed by atoms with Gasteiger partial charge in [-0.1, -0.05) is 23.2 Å². The number of halogens is 3. The van der Waals surface area contributed by atoms with Crippen molar-refractivity contribution in [1.82, 2.24) is 4.31 Å². The predicted octanol–water partition coefficient (Wildman–Crippen LogP) is 3.06. The molecular formula is C11H11Cl2FN2O2S. The van der Waals surface area contributed by atoms with E-state index >= 15 is 0 Å². The normalized spacial score (nSPS) is 13.3. The van der Waals surface area contributed by atoms with Crippen molar-refractivity contribution in [3.05, 3.63) is 28.0 Å². The van der Waals surface area contributed by atoms with Crippen LogP contribution >= 0.6 is 23.2 Å². The summed E-state index contributed by atoms with van der Waals surface area (Å²) in [6.45, 7) is 1.57. The zero-order valence-electron chi connectivity index (χ0n) is 10.2. The largest absolute Gasteiger partial charge is 0.244 e. The third-order valence-electron chi connectivity index (χ3n) is 2.66. The van der Waals surface area contributed by atoms with E-state index in [0.29, 0.717) is 0 Å². The van der Waals surface area contributed by atoms with Crippen LogP contribution in [0.25, 0.3) is 0 Å². The summed E-state index contributed by atoms with van der Waals surface area (Å²) in [6, 6.07) is 3.58. The molecule has 0 aliphatic rings. The van der Waals surface area contributed by atoms with E-state index in [1.807, 2.05) is 6.07 Å². The molecular weight excluding hydrogens is 314 g/mol. The van der Waals surface area contributed by atoms with Gasteiger partial charge in [-0.2, -0.15) is 9.57 Å². The van der Waals surface area contributed by atoms with Gasteiger partial charge >= 0.3 is 0 Å². The first kappa shape index (κ1) is 16.2. The van der Waals surface area contributed by atoms with Crippen molar-refractivity contribution < 1.29 is 12.8 Å². The molecule has 1 aromatic carbocycles. The quantitative estimate of drug-likeness (QED) is 0.799. The molecule has 19 heavy (non-hydrogen) atoms. The van der Waals surface area contributed by atoms with E-state index in [1.165, 1.54) is 7.05 Å². The lowest BCUT2D eigenvalue weighted by molar-refractivity contribution is 0.393. The molecule has 0 fully saturated rings. The summed E-state index contributed by atoms with van der Waals surface area (Å²) in [6.07, 6.45) is 0.0173. The zero-order chi connectivity index (χ0) is 14.8. The molecule has 0 aromatic heterocycles. The molecule has 0 aliphatic carbocycles. The molecule has 0 amide bonds. The third-order valence-corrected chi connectivity index (χ3v) is 5.45.